The Morgan fingerprint density at radius 3 is 2.10 bits per heavy atom. The summed E-state index contributed by atoms with van der Waals surface area (Å²) in [6, 6.07) is 12.9. The van der Waals surface area contributed by atoms with Crippen LogP contribution < -0.4 is 14.2 Å². The van der Waals surface area contributed by atoms with Gasteiger partial charge in [0, 0.05) is 6.42 Å². The van der Waals surface area contributed by atoms with Crippen LogP contribution in [0.25, 0.3) is 6.08 Å². The Kier molecular flexibility index (Phi) is 6.80. The molecule has 2 aromatic rings. The highest BCUT2D eigenvalue weighted by molar-refractivity contribution is 5.99. The molecule has 0 aliphatic heterocycles. The summed E-state index contributed by atoms with van der Waals surface area (Å²) in [5.74, 6) is 1.03. The fraction of sp³-hybridized carbons (Fsp3) is 0.280. The average molecular weight is 422 g/mol. The van der Waals surface area contributed by atoms with Crippen molar-refractivity contribution in [3.63, 3.8) is 0 Å². The zero-order valence-electron chi connectivity index (χ0n) is 18.1. The van der Waals surface area contributed by atoms with Gasteiger partial charge in [-0.05, 0) is 41.3 Å². The topological polar surface area (TPSA) is 71.1 Å². The highest BCUT2D eigenvalue weighted by atomic mass is 16.5. The number of ether oxygens (including phenoxy) is 4. The molecule has 2 aromatic carbocycles. The maximum atomic E-state index is 12.8. The summed E-state index contributed by atoms with van der Waals surface area (Å²) in [5.41, 5.74) is 1.26. The summed E-state index contributed by atoms with van der Waals surface area (Å²) < 4.78 is 21.3. The molecule has 0 saturated heterocycles. The van der Waals surface area contributed by atoms with E-state index >= 15 is 0 Å². The number of esters is 1. The Hall–Kier alpha value is -3.54. The highest BCUT2D eigenvalue weighted by Crippen LogP contribution is 2.41. The number of allylic oxidation sites excluding steroid dienone is 3. The van der Waals surface area contributed by atoms with Crippen LogP contribution in [0.4, 0.5) is 0 Å². The minimum absolute atomic E-state index is 0.0746. The van der Waals surface area contributed by atoms with Crippen LogP contribution in [-0.2, 0) is 19.7 Å². The van der Waals surface area contributed by atoms with Crippen LogP contribution >= 0.6 is 0 Å². The van der Waals surface area contributed by atoms with Crippen molar-refractivity contribution in [1.29, 1.82) is 0 Å². The van der Waals surface area contributed by atoms with Gasteiger partial charge in [0.2, 0.25) is 5.75 Å². The number of rotatable bonds is 7. The molecule has 3 rings (SSSR count). The highest BCUT2D eigenvalue weighted by Gasteiger charge is 2.45. The summed E-state index contributed by atoms with van der Waals surface area (Å²) in [6.07, 6.45) is 5.69. The van der Waals surface area contributed by atoms with E-state index in [1.54, 1.807) is 27.4 Å². The summed E-state index contributed by atoms with van der Waals surface area (Å²) in [4.78, 5) is 25.4. The van der Waals surface area contributed by atoms with Crippen LogP contribution in [0.15, 0.2) is 60.2 Å². The van der Waals surface area contributed by atoms with Crippen molar-refractivity contribution in [1.82, 2.24) is 0 Å². The van der Waals surface area contributed by atoms with Crippen LogP contribution in [0.3, 0.4) is 0 Å². The maximum Gasteiger partial charge on any atom is 0.317 e. The molecule has 0 heterocycles. The molecule has 0 saturated carbocycles. The maximum absolute atomic E-state index is 12.8. The molecule has 0 aromatic heterocycles. The lowest BCUT2D eigenvalue weighted by Gasteiger charge is -2.33. The van der Waals surface area contributed by atoms with E-state index in [2.05, 4.69) is 0 Å². The van der Waals surface area contributed by atoms with Crippen molar-refractivity contribution in [3.05, 3.63) is 71.3 Å². The molecule has 162 valence electrons. The van der Waals surface area contributed by atoms with Crippen LogP contribution in [0, 0.1) is 0 Å². The summed E-state index contributed by atoms with van der Waals surface area (Å²) in [7, 11) is 6.00. The molecule has 0 spiro atoms. The van der Waals surface area contributed by atoms with Gasteiger partial charge in [-0.2, -0.15) is 0 Å². The molecule has 6 nitrogen and oxygen atoms in total. The molecule has 1 atom stereocenters. The van der Waals surface area contributed by atoms with Gasteiger partial charge in [-0.1, -0.05) is 42.5 Å². The fourth-order valence-corrected chi connectivity index (χ4v) is 3.94. The first-order valence-electron chi connectivity index (χ1n) is 9.83. The van der Waals surface area contributed by atoms with E-state index in [1.807, 2.05) is 54.6 Å². The second kappa shape index (κ2) is 9.51. The van der Waals surface area contributed by atoms with Gasteiger partial charge >= 0.3 is 5.97 Å². The monoisotopic (exact) mass is 422 g/mol. The lowest BCUT2D eigenvalue weighted by atomic mass is 9.69. The first-order valence-corrected chi connectivity index (χ1v) is 9.83. The third-order valence-corrected chi connectivity index (χ3v) is 5.41. The van der Waals surface area contributed by atoms with Gasteiger partial charge in [0.1, 0.15) is 5.41 Å². The Balaban J connectivity index is 1.98. The number of hydrogen-bond donors (Lipinski definition) is 0. The smallest absolute Gasteiger partial charge is 0.317 e. The van der Waals surface area contributed by atoms with Crippen LogP contribution in [0.1, 0.15) is 24.0 Å². The van der Waals surface area contributed by atoms with Crippen molar-refractivity contribution in [2.75, 3.05) is 28.4 Å². The molecule has 1 aliphatic rings. The van der Waals surface area contributed by atoms with Gasteiger partial charge in [-0.15, -0.1) is 0 Å². The Morgan fingerprint density at radius 1 is 0.903 bits per heavy atom. The third-order valence-electron chi connectivity index (χ3n) is 5.41. The van der Waals surface area contributed by atoms with Gasteiger partial charge < -0.3 is 18.9 Å². The average Bonchev–Trinajstić information content (AvgIpc) is 2.81. The molecule has 0 fully saturated rings. The largest absolute Gasteiger partial charge is 0.493 e. The van der Waals surface area contributed by atoms with Crippen LogP contribution in [-0.4, -0.2) is 40.2 Å². The van der Waals surface area contributed by atoms with E-state index < -0.39 is 11.4 Å². The Bertz CT molecular complexity index is 997. The number of methoxy groups -OCH3 is 4. The van der Waals surface area contributed by atoms with E-state index in [0.29, 0.717) is 23.7 Å². The predicted molar refractivity (Wildman–Crippen MR) is 118 cm³/mol. The molecule has 31 heavy (non-hydrogen) atoms. The number of ketones is 1. The predicted octanol–water partition coefficient (Wildman–Crippen LogP) is 4.13. The molecular formula is C25H26O6. The molecule has 6 heteroatoms. The third kappa shape index (κ3) is 4.48. The minimum Gasteiger partial charge on any atom is -0.493 e. The van der Waals surface area contributed by atoms with Gasteiger partial charge in [0.05, 0.1) is 28.4 Å². The quantitative estimate of drug-likeness (QED) is 0.625. The number of benzene rings is 2. The molecule has 0 N–H and O–H groups in total. The summed E-state index contributed by atoms with van der Waals surface area (Å²) >= 11 is 0. The van der Waals surface area contributed by atoms with Gasteiger partial charge in [-0.3, -0.25) is 9.59 Å². The zero-order chi connectivity index (χ0) is 22.4. The summed E-state index contributed by atoms with van der Waals surface area (Å²) in [6.45, 7) is 0. The van der Waals surface area contributed by atoms with Crippen molar-refractivity contribution in [2.45, 2.75) is 18.3 Å². The van der Waals surface area contributed by atoms with E-state index in [0.717, 1.165) is 16.7 Å². The normalized spacial score (nSPS) is 18.5. The van der Waals surface area contributed by atoms with Gasteiger partial charge in [0.15, 0.2) is 17.3 Å². The van der Waals surface area contributed by atoms with E-state index in [1.165, 1.54) is 7.11 Å². The number of hydrogen-bond acceptors (Lipinski definition) is 6. The van der Waals surface area contributed by atoms with E-state index in [4.69, 9.17) is 18.9 Å². The standard InChI is InChI=1S/C25H26O6/c1-28-21-13-17(14-22(29-2)23(21)30-3)10-11-18-12-20(26)16-25(15-18,24(27)31-4)19-8-6-5-7-9-19/h5-14H,15-16H2,1-4H3/b11-10+. The van der Waals surface area contributed by atoms with Crippen molar-refractivity contribution < 1.29 is 28.5 Å². The SMILES string of the molecule is COC(=O)C1(c2ccccc2)CC(=O)C=C(/C=C/c2cc(OC)c(OC)c(OC)c2)C1. The van der Waals surface area contributed by atoms with Crippen molar-refractivity contribution in [3.8, 4) is 17.2 Å². The number of carbonyl (C=O) groups excluding carboxylic acids is 2. The van der Waals surface area contributed by atoms with Crippen molar-refractivity contribution in [2.24, 2.45) is 0 Å². The zero-order valence-corrected chi connectivity index (χ0v) is 18.1. The molecular weight excluding hydrogens is 396 g/mol. The minimum atomic E-state index is -1.04. The number of carbonyl (C=O) groups is 2. The molecule has 1 unspecified atom stereocenters. The van der Waals surface area contributed by atoms with Crippen molar-refractivity contribution >= 4 is 17.8 Å². The van der Waals surface area contributed by atoms with Gasteiger partial charge in [0.25, 0.3) is 0 Å². The molecule has 1 aliphatic carbocycles. The second-order valence-corrected chi connectivity index (χ2v) is 7.27. The van der Waals surface area contributed by atoms with E-state index in [9.17, 15) is 9.59 Å². The lowest BCUT2D eigenvalue weighted by molar-refractivity contribution is -0.149. The van der Waals surface area contributed by atoms with Crippen LogP contribution in [0.5, 0.6) is 17.2 Å². The second-order valence-electron chi connectivity index (χ2n) is 7.27. The first kappa shape index (κ1) is 22.2. The van der Waals surface area contributed by atoms with Gasteiger partial charge in [-0.25, -0.2) is 0 Å². The summed E-state index contributed by atoms with van der Waals surface area (Å²) in [5, 5.41) is 0. The first-order chi connectivity index (χ1) is 15.0. The molecule has 0 radical (unpaired) electrons. The van der Waals surface area contributed by atoms with Crippen LogP contribution in [0.2, 0.25) is 0 Å². The Morgan fingerprint density at radius 2 is 1.55 bits per heavy atom. The lowest BCUT2D eigenvalue weighted by Crippen LogP contribution is -2.41. The molecule has 0 bridgehead atoms. The fourth-order valence-electron chi connectivity index (χ4n) is 3.94. The Labute approximate surface area is 182 Å². The van der Waals surface area contributed by atoms with E-state index in [-0.39, 0.29) is 12.2 Å². The molecule has 0 amide bonds.